The molecule has 0 aliphatic heterocycles. The summed E-state index contributed by atoms with van der Waals surface area (Å²) in [6, 6.07) is 10.3. The number of fused-ring (bicyclic) bond motifs is 3. The number of nitrogens with zero attached hydrogens (tertiary/aromatic N) is 5. The van der Waals surface area contributed by atoms with Crippen LogP contribution in [0.2, 0.25) is 0 Å². The number of para-hydroxylation sites is 1. The van der Waals surface area contributed by atoms with Gasteiger partial charge in [-0.3, -0.25) is 4.79 Å². The van der Waals surface area contributed by atoms with Crippen molar-refractivity contribution in [1.82, 2.24) is 25.1 Å². The van der Waals surface area contributed by atoms with Crippen LogP contribution in [0, 0.1) is 11.3 Å². The Balaban J connectivity index is 1.54. The van der Waals surface area contributed by atoms with E-state index in [1.54, 1.807) is 0 Å². The van der Waals surface area contributed by atoms with E-state index in [9.17, 15) is 10.1 Å². The van der Waals surface area contributed by atoms with Crippen LogP contribution < -0.4 is 5.32 Å². The Bertz CT molecular complexity index is 1050. The molecule has 1 saturated carbocycles. The maximum atomic E-state index is 12.3. The standard InChI is InChI=1S/C19H20N6OS/c1-2-25-14-8-4-3-7-13(14)16-17(25)21-18(24-23-16)27-11-15(26)22-19(12-20)9-5-6-10-19/h3-4,7-8H,2,5-6,9-11H2,1H3,(H,22,26). The van der Waals surface area contributed by atoms with Crippen LogP contribution in [0.25, 0.3) is 22.1 Å². The molecule has 4 rings (SSSR count). The van der Waals surface area contributed by atoms with Crippen LogP contribution in [-0.4, -0.2) is 36.9 Å². The first-order chi connectivity index (χ1) is 13.2. The highest BCUT2D eigenvalue weighted by Gasteiger charge is 2.35. The Kier molecular flexibility index (Phi) is 4.70. The summed E-state index contributed by atoms with van der Waals surface area (Å²) in [5.74, 6) is 0.00589. The number of carbonyl (C=O) groups excluding carboxylic acids is 1. The molecule has 0 atom stereocenters. The van der Waals surface area contributed by atoms with Gasteiger partial charge in [-0.15, -0.1) is 10.2 Å². The summed E-state index contributed by atoms with van der Waals surface area (Å²) in [6.45, 7) is 2.84. The minimum atomic E-state index is -0.699. The lowest BCUT2D eigenvalue weighted by Gasteiger charge is -2.21. The van der Waals surface area contributed by atoms with E-state index in [0.29, 0.717) is 5.16 Å². The molecule has 2 heterocycles. The minimum Gasteiger partial charge on any atom is -0.337 e. The number of rotatable bonds is 5. The zero-order chi connectivity index (χ0) is 18.9. The molecule has 0 unspecified atom stereocenters. The number of carbonyl (C=O) groups is 1. The molecule has 0 radical (unpaired) electrons. The largest absolute Gasteiger partial charge is 0.337 e. The van der Waals surface area contributed by atoms with Gasteiger partial charge >= 0.3 is 0 Å². The van der Waals surface area contributed by atoms with Crippen LogP contribution in [0.15, 0.2) is 29.4 Å². The van der Waals surface area contributed by atoms with Gasteiger partial charge in [-0.2, -0.15) is 5.26 Å². The molecule has 0 bridgehead atoms. The van der Waals surface area contributed by atoms with E-state index in [4.69, 9.17) is 0 Å². The van der Waals surface area contributed by atoms with Gasteiger partial charge < -0.3 is 9.88 Å². The van der Waals surface area contributed by atoms with Gasteiger partial charge in [0.2, 0.25) is 11.1 Å². The zero-order valence-electron chi connectivity index (χ0n) is 15.1. The van der Waals surface area contributed by atoms with Gasteiger partial charge in [0.1, 0.15) is 11.1 Å². The van der Waals surface area contributed by atoms with Gasteiger partial charge in [-0.05, 0) is 38.7 Å². The lowest BCUT2D eigenvalue weighted by atomic mass is 10.0. The van der Waals surface area contributed by atoms with Crippen molar-refractivity contribution in [3.63, 3.8) is 0 Å². The maximum Gasteiger partial charge on any atom is 0.231 e. The number of benzene rings is 1. The minimum absolute atomic E-state index is 0.164. The summed E-state index contributed by atoms with van der Waals surface area (Å²) in [4.78, 5) is 16.9. The fourth-order valence-corrected chi connectivity index (χ4v) is 4.33. The monoisotopic (exact) mass is 380 g/mol. The van der Waals surface area contributed by atoms with Crippen molar-refractivity contribution < 1.29 is 4.79 Å². The predicted octanol–water partition coefficient (Wildman–Crippen LogP) is 3.04. The highest BCUT2D eigenvalue weighted by Crippen LogP contribution is 2.29. The molecule has 1 aromatic carbocycles. The van der Waals surface area contributed by atoms with E-state index < -0.39 is 5.54 Å². The van der Waals surface area contributed by atoms with Gasteiger partial charge in [0.15, 0.2) is 5.65 Å². The number of aryl methyl sites for hydroxylation is 1. The number of nitriles is 1. The lowest BCUT2D eigenvalue weighted by molar-refractivity contribution is -0.119. The van der Waals surface area contributed by atoms with Crippen LogP contribution in [0.5, 0.6) is 0 Å². The molecule has 1 aliphatic rings. The van der Waals surface area contributed by atoms with E-state index in [0.717, 1.165) is 54.3 Å². The van der Waals surface area contributed by atoms with Gasteiger partial charge in [0.05, 0.1) is 17.3 Å². The van der Waals surface area contributed by atoms with Gasteiger partial charge in [0, 0.05) is 11.9 Å². The molecule has 8 heteroatoms. The molecular weight excluding hydrogens is 360 g/mol. The molecule has 1 amide bonds. The third-order valence-electron chi connectivity index (χ3n) is 5.05. The molecule has 0 saturated heterocycles. The first-order valence-corrected chi connectivity index (χ1v) is 10.1. The summed E-state index contributed by atoms with van der Waals surface area (Å²) >= 11 is 1.25. The number of aromatic nitrogens is 4. The number of thioether (sulfide) groups is 1. The van der Waals surface area contributed by atoms with Crippen LogP contribution in [0.3, 0.4) is 0 Å². The first-order valence-electron chi connectivity index (χ1n) is 9.12. The van der Waals surface area contributed by atoms with Gasteiger partial charge in [-0.25, -0.2) is 4.98 Å². The van der Waals surface area contributed by atoms with Crippen molar-refractivity contribution in [2.75, 3.05) is 5.75 Å². The zero-order valence-corrected chi connectivity index (χ0v) is 15.9. The number of nitrogens with one attached hydrogen (secondary N) is 1. The van der Waals surface area contributed by atoms with Crippen molar-refractivity contribution in [2.24, 2.45) is 0 Å². The molecule has 1 aliphatic carbocycles. The van der Waals surface area contributed by atoms with E-state index in [1.807, 2.05) is 24.3 Å². The Morgan fingerprint density at radius 2 is 2.11 bits per heavy atom. The van der Waals surface area contributed by atoms with Crippen LogP contribution in [-0.2, 0) is 11.3 Å². The second-order valence-corrected chi connectivity index (χ2v) is 7.71. The van der Waals surface area contributed by atoms with Crippen molar-refractivity contribution in [1.29, 1.82) is 5.26 Å². The Labute approximate surface area is 161 Å². The third kappa shape index (κ3) is 3.23. The van der Waals surface area contributed by atoms with E-state index in [2.05, 4.69) is 38.1 Å². The lowest BCUT2D eigenvalue weighted by Crippen LogP contribution is -2.45. The number of hydrogen-bond donors (Lipinski definition) is 1. The van der Waals surface area contributed by atoms with Crippen molar-refractivity contribution >= 4 is 39.7 Å². The van der Waals surface area contributed by atoms with Crippen molar-refractivity contribution in [3.05, 3.63) is 24.3 Å². The van der Waals surface area contributed by atoms with Crippen LogP contribution in [0.1, 0.15) is 32.6 Å². The molecule has 1 N–H and O–H groups in total. The topological polar surface area (TPSA) is 96.5 Å². The molecule has 27 heavy (non-hydrogen) atoms. The quantitative estimate of drug-likeness (QED) is 0.684. The highest BCUT2D eigenvalue weighted by atomic mass is 32.2. The molecule has 138 valence electrons. The first kappa shape index (κ1) is 17.7. The Morgan fingerprint density at radius 1 is 1.33 bits per heavy atom. The van der Waals surface area contributed by atoms with Crippen molar-refractivity contribution in [2.45, 2.75) is 49.8 Å². The maximum absolute atomic E-state index is 12.3. The SMILES string of the molecule is CCn1c2ccccc2c2nnc(SCC(=O)NC3(C#N)CCCC3)nc21. The van der Waals surface area contributed by atoms with E-state index >= 15 is 0 Å². The van der Waals surface area contributed by atoms with E-state index in [-0.39, 0.29) is 11.7 Å². The predicted molar refractivity (Wildman–Crippen MR) is 104 cm³/mol. The average Bonchev–Trinajstić information content (AvgIpc) is 3.28. The average molecular weight is 380 g/mol. The number of amides is 1. The van der Waals surface area contributed by atoms with Crippen LogP contribution in [0.4, 0.5) is 0 Å². The fraction of sp³-hybridized carbons (Fsp3) is 0.421. The van der Waals surface area contributed by atoms with Gasteiger partial charge in [0.25, 0.3) is 0 Å². The van der Waals surface area contributed by atoms with E-state index in [1.165, 1.54) is 11.8 Å². The molecule has 2 aromatic heterocycles. The highest BCUT2D eigenvalue weighted by molar-refractivity contribution is 7.99. The Morgan fingerprint density at radius 3 is 2.85 bits per heavy atom. The summed E-state index contributed by atoms with van der Waals surface area (Å²) in [7, 11) is 0. The number of hydrogen-bond acceptors (Lipinski definition) is 6. The third-order valence-corrected chi connectivity index (χ3v) is 5.89. The summed E-state index contributed by atoms with van der Waals surface area (Å²) in [5, 5.41) is 22.3. The molecular formula is C19H20N6OS. The Hall–Kier alpha value is -2.66. The van der Waals surface area contributed by atoms with Crippen molar-refractivity contribution in [3.8, 4) is 6.07 Å². The second kappa shape index (κ2) is 7.16. The fourth-order valence-electron chi connectivity index (χ4n) is 3.75. The summed E-state index contributed by atoms with van der Waals surface area (Å²) in [5.41, 5.74) is 1.93. The summed E-state index contributed by atoms with van der Waals surface area (Å²) < 4.78 is 2.10. The normalized spacial score (nSPS) is 15.9. The second-order valence-electron chi connectivity index (χ2n) is 6.77. The van der Waals surface area contributed by atoms with Crippen LogP contribution >= 0.6 is 11.8 Å². The summed E-state index contributed by atoms with van der Waals surface area (Å²) in [6.07, 6.45) is 3.40. The van der Waals surface area contributed by atoms with Gasteiger partial charge in [-0.1, -0.05) is 30.0 Å². The molecule has 1 fully saturated rings. The molecule has 3 aromatic rings. The molecule has 0 spiro atoms. The smallest absolute Gasteiger partial charge is 0.231 e. The molecule has 7 nitrogen and oxygen atoms in total.